The quantitative estimate of drug-likeness (QED) is 0.450. The topological polar surface area (TPSA) is 9.23 Å². The Morgan fingerprint density at radius 3 is 2.06 bits per heavy atom. The van der Waals surface area contributed by atoms with E-state index in [0.29, 0.717) is 0 Å². The summed E-state index contributed by atoms with van der Waals surface area (Å²) in [4.78, 5) is 0. The normalized spacial score (nSPS) is 19.4. The summed E-state index contributed by atoms with van der Waals surface area (Å²) in [5, 5.41) is 0. The van der Waals surface area contributed by atoms with E-state index in [2.05, 4.69) is 34.0 Å². The van der Waals surface area contributed by atoms with Gasteiger partial charge in [0.05, 0.1) is 6.26 Å². The highest BCUT2D eigenvalue weighted by Crippen LogP contribution is 2.30. The second-order valence-electron chi connectivity index (χ2n) is 5.56. The third kappa shape index (κ3) is 4.17. The van der Waals surface area contributed by atoms with Crippen molar-refractivity contribution in [3.05, 3.63) is 11.8 Å². The molecule has 0 aromatic rings. The molecule has 0 heterocycles. The molecule has 0 amide bonds. The van der Waals surface area contributed by atoms with Crippen LogP contribution < -0.4 is 0 Å². The van der Waals surface area contributed by atoms with Crippen LogP contribution in [0.2, 0.25) is 18.1 Å². The summed E-state index contributed by atoms with van der Waals surface area (Å²) in [7, 11) is -1.42. The molecular weight excluding hydrogens is 224 g/mol. The number of allylic oxidation sites excluding steroid dienone is 1. The van der Waals surface area contributed by atoms with Crippen LogP contribution >= 0.6 is 0 Å². The zero-order valence-corrected chi connectivity index (χ0v) is 13.2. The smallest absolute Gasteiger partial charge is 0.249 e. The Morgan fingerprint density at radius 1 is 1.06 bits per heavy atom. The van der Waals surface area contributed by atoms with Gasteiger partial charge in [0.1, 0.15) is 0 Å². The van der Waals surface area contributed by atoms with E-state index in [1.165, 1.54) is 55.8 Å². The summed E-state index contributed by atoms with van der Waals surface area (Å²) in [6.45, 7) is 9.16. The minimum Gasteiger partial charge on any atom is -0.549 e. The van der Waals surface area contributed by atoms with Gasteiger partial charge in [-0.05, 0) is 49.4 Å². The van der Waals surface area contributed by atoms with E-state index in [4.69, 9.17) is 4.43 Å². The highest BCUT2D eigenvalue weighted by atomic mass is 28.4. The molecular formula is C15H30OSi. The molecule has 100 valence electrons. The van der Waals surface area contributed by atoms with Crippen LogP contribution in [-0.2, 0) is 4.43 Å². The van der Waals surface area contributed by atoms with Gasteiger partial charge in [0.25, 0.3) is 0 Å². The summed E-state index contributed by atoms with van der Waals surface area (Å²) in [6, 6.07) is 3.73. The molecule has 1 saturated carbocycles. The molecule has 1 nitrogen and oxygen atoms in total. The lowest BCUT2D eigenvalue weighted by atomic mass is 9.85. The van der Waals surface area contributed by atoms with Crippen LogP contribution in [0.1, 0.15) is 59.8 Å². The second kappa shape index (κ2) is 7.25. The third-order valence-corrected chi connectivity index (χ3v) is 9.16. The average Bonchev–Trinajstić information content (AvgIpc) is 2.41. The SMILES string of the molecule is CC[Si](CC)(CC)O/C=C(\C)C1CCCCC1. The van der Waals surface area contributed by atoms with E-state index < -0.39 is 8.32 Å². The zero-order chi connectivity index (χ0) is 12.7. The van der Waals surface area contributed by atoms with Crippen LogP contribution in [0.25, 0.3) is 0 Å². The van der Waals surface area contributed by atoms with Crippen LogP contribution in [0.3, 0.4) is 0 Å². The fourth-order valence-corrected chi connectivity index (χ4v) is 5.31. The van der Waals surface area contributed by atoms with Crippen LogP contribution in [0.4, 0.5) is 0 Å². The van der Waals surface area contributed by atoms with Crippen molar-refractivity contribution >= 4 is 8.32 Å². The molecule has 1 fully saturated rings. The third-order valence-electron chi connectivity index (χ3n) is 4.68. The molecule has 0 atom stereocenters. The van der Waals surface area contributed by atoms with Crippen molar-refractivity contribution in [3.8, 4) is 0 Å². The van der Waals surface area contributed by atoms with Crippen molar-refractivity contribution in [1.82, 2.24) is 0 Å². The molecule has 1 aliphatic rings. The van der Waals surface area contributed by atoms with Gasteiger partial charge in [-0.15, -0.1) is 0 Å². The van der Waals surface area contributed by atoms with Crippen molar-refractivity contribution in [2.75, 3.05) is 0 Å². The first-order valence-corrected chi connectivity index (χ1v) is 10.0. The van der Waals surface area contributed by atoms with Crippen molar-refractivity contribution in [3.63, 3.8) is 0 Å². The second-order valence-corrected chi connectivity index (χ2v) is 10.3. The Labute approximate surface area is 109 Å². The number of hydrogen-bond acceptors (Lipinski definition) is 1. The minimum atomic E-state index is -1.42. The lowest BCUT2D eigenvalue weighted by Crippen LogP contribution is -2.33. The maximum atomic E-state index is 6.27. The van der Waals surface area contributed by atoms with E-state index in [1.807, 2.05) is 0 Å². The van der Waals surface area contributed by atoms with Gasteiger partial charge in [-0.25, -0.2) is 0 Å². The largest absolute Gasteiger partial charge is 0.549 e. The summed E-state index contributed by atoms with van der Waals surface area (Å²) in [5.41, 5.74) is 1.50. The van der Waals surface area contributed by atoms with Gasteiger partial charge in [-0.1, -0.05) is 40.0 Å². The van der Waals surface area contributed by atoms with Gasteiger partial charge in [-0.3, -0.25) is 0 Å². The molecule has 1 aliphatic carbocycles. The summed E-state index contributed by atoms with van der Waals surface area (Å²) in [5.74, 6) is 0.806. The summed E-state index contributed by atoms with van der Waals surface area (Å²) in [6.07, 6.45) is 9.15. The van der Waals surface area contributed by atoms with Crippen LogP contribution in [-0.4, -0.2) is 8.32 Å². The fraction of sp³-hybridized carbons (Fsp3) is 0.867. The first-order valence-electron chi connectivity index (χ1n) is 7.52. The average molecular weight is 254 g/mol. The highest BCUT2D eigenvalue weighted by molar-refractivity contribution is 6.73. The fourth-order valence-electron chi connectivity index (χ4n) is 2.87. The Hall–Kier alpha value is -0.243. The highest BCUT2D eigenvalue weighted by Gasteiger charge is 2.29. The molecule has 2 heteroatoms. The molecule has 1 rings (SSSR count). The minimum absolute atomic E-state index is 0.806. The number of rotatable bonds is 6. The Balaban J connectivity index is 2.55. The van der Waals surface area contributed by atoms with Crippen molar-refractivity contribution in [2.45, 2.75) is 77.9 Å². The van der Waals surface area contributed by atoms with Crippen molar-refractivity contribution < 1.29 is 4.43 Å². The molecule has 0 saturated heterocycles. The molecule has 0 spiro atoms. The van der Waals surface area contributed by atoms with Gasteiger partial charge in [0.2, 0.25) is 8.32 Å². The van der Waals surface area contributed by atoms with Crippen LogP contribution in [0.5, 0.6) is 0 Å². The maximum absolute atomic E-state index is 6.27. The molecule has 0 N–H and O–H groups in total. The van der Waals surface area contributed by atoms with Gasteiger partial charge >= 0.3 is 0 Å². The molecule has 0 aromatic carbocycles. The van der Waals surface area contributed by atoms with E-state index in [-0.39, 0.29) is 0 Å². The van der Waals surface area contributed by atoms with Gasteiger partial charge < -0.3 is 4.43 Å². The first-order chi connectivity index (χ1) is 8.17. The van der Waals surface area contributed by atoms with E-state index in [9.17, 15) is 0 Å². The molecule has 0 bridgehead atoms. The van der Waals surface area contributed by atoms with Gasteiger partial charge in [0, 0.05) is 0 Å². The first kappa shape index (κ1) is 14.8. The van der Waals surface area contributed by atoms with E-state index >= 15 is 0 Å². The molecule has 0 aromatic heterocycles. The van der Waals surface area contributed by atoms with Gasteiger partial charge in [0.15, 0.2) is 0 Å². The standard InChI is InChI=1S/C15H30OSi/c1-5-17(6-2,7-3)16-13-14(4)15-11-9-8-10-12-15/h13,15H,5-12H2,1-4H3/b14-13+. The Kier molecular flexibility index (Phi) is 6.32. The van der Waals surface area contributed by atoms with Crippen molar-refractivity contribution in [2.24, 2.45) is 5.92 Å². The Bertz CT molecular complexity index is 229. The van der Waals surface area contributed by atoms with E-state index in [0.717, 1.165) is 5.92 Å². The van der Waals surface area contributed by atoms with Crippen LogP contribution in [0.15, 0.2) is 11.8 Å². The molecule has 17 heavy (non-hydrogen) atoms. The number of hydrogen-bond donors (Lipinski definition) is 0. The summed E-state index contributed by atoms with van der Waals surface area (Å²) >= 11 is 0. The van der Waals surface area contributed by atoms with Crippen LogP contribution in [0, 0.1) is 5.92 Å². The zero-order valence-electron chi connectivity index (χ0n) is 12.2. The molecule has 0 aliphatic heterocycles. The molecule has 0 unspecified atom stereocenters. The van der Waals surface area contributed by atoms with E-state index in [1.54, 1.807) is 0 Å². The van der Waals surface area contributed by atoms with Gasteiger partial charge in [-0.2, -0.15) is 0 Å². The lowest BCUT2D eigenvalue weighted by Gasteiger charge is -2.29. The monoisotopic (exact) mass is 254 g/mol. The maximum Gasteiger partial charge on any atom is 0.249 e. The lowest BCUT2D eigenvalue weighted by molar-refractivity contribution is 0.382. The van der Waals surface area contributed by atoms with Crippen molar-refractivity contribution in [1.29, 1.82) is 0 Å². The Morgan fingerprint density at radius 2 is 1.59 bits per heavy atom. The predicted octanol–water partition coefficient (Wildman–Crippen LogP) is 5.49. The summed E-state index contributed by atoms with van der Waals surface area (Å²) < 4.78 is 6.27. The molecule has 0 radical (unpaired) electrons. The predicted molar refractivity (Wildman–Crippen MR) is 78.6 cm³/mol.